The fourth-order valence-electron chi connectivity index (χ4n) is 3.70. The molecule has 0 radical (unpaired) electrons. The average Bonchev–Trinajstić information content (AvgIpc) is 3.35. The predicted molar refractivity (Wildman–Crippen MR) is 142 cm³/mol. The van der Waals surface area contributed by atoms with Gasteiger partial charge in [0.2, 0.25) is 0 Å². The number of amides is 1. The van der Waals surface area contributed by atoms with Gasteiger partial charge in [0.25, 0.3) is 5.91 Å². The molecule has 166 valence electrons. The summed E-state index contributed by atoms with van der Waals surface area (Å²) in [5.41, 5.74) is 7.58. The van der Waals surface area contributed by atoms with Crippen LogP contribution in [0.4, 0.5) is 16.5 Å². The highest BCUT2D eigenvalue weighted by Gasteiger charge is 2.10. The van der Waals surface area contributed by atoms with Crippen LogP contribution in [-0.2, 0) is 0 Å². The fourth-order valence-corrected chi connectivity index (χ4v) is 4.43. The second-order valence-electron chi connectivity index (χ2n) is 7.96. The molecule has 0 spiro atoms. The number of benzene rings is 4. The van der Waals surface area contributed by atoms with Crippen molar-refractivity contribution in [3.05, 3.63) is 120 Å². The number of nitrogens with one attached hydrogen (secondary N) is 2. The Labute approximate surface area is 203 Å². The van der Waals surface area contributed by atoms with E-state index >= 15 is 0 Å². The van der Waals surface area contributed by atoms with E-state index in [1.807, 2.05) is 90.3 Å². The number of aromatic nitrogens is 1. The van der Waals surface area contributed by atoms with Gasteiger partial charge in [-0.15, -0.1) is 11.3 Å². The van der Waals surface area contributed by atoms with E-state index in [0.717, 1.165) is 38.9 Å². The van der Waals surface area contributed by atoms with Crippen molar-refractivity contribution < 1.29 is 4.79 Å². The molecule has 0 bridgehead atoms. The number of carbonyl (C=O) groups is 1. The van der Waals surface area contributed by atoms with E-state index in [2.05, 4.69) is 35.8 Å². The molecule has 1 aromatic heterocycles. The molecule has 0 saturated heterocycles. The van der Waals surface area contributed by atoms with Gasteiger partial charge >= 0.3 is 0 Å². The lowest BCUT2D eigenvalue weighted by Gasteiger charge is -2.08. The molecule has 0 aliphatic heterocycles. The number of aryl methyl sites for hydroxylation is 1. The maximum atomic E-state index is 12.8. The monoisotopic (exact) mass is 461 g/mol. The molecule has 4 aromatic carbocycles. The van der Waals surface area contributed by atoms with Crippen LogP contribution in [0.1, 0.15) is 15.9 Å². The van der Waals surface area contributed by atoms with Crippen molar-refractivity contribution in [2.24, 2.45) is 0 Å². The molecule has 0 aliphatic carbocycles. The molecule has 2 N–H and O–H groups in total. The van der Waals surface area contributed by atoms with Crippen molar-refractivity contribution in [3.8, 4) is 22.4 Å². The molecule has 5 aromatic rings. The van der Waals surface area contributed by atoms with Crippen LogP contribution in [0.2, 0.25) is 0 Å². The molecule has 0 fully saturated rings. The van der Waals surface area contributed by atoms with Gasteiger partial charge in [-0.25, -0.2) is 4.98 Å². The minimum Gasteiger partial charge on any atom is -0.331 e. The topological polar surface area (TPSA) is 54.0 Å². The highest BCUT2D eigenvalue weighted by atomic mass is 32.1. The summed E-state index contributed by atoms with van der Waals surface area (Å²) in [5, 5.41) is 9.24. The van der Waals surface area contributed by atoms with Gasteiger partial charge in [-0.1, -0.05) is 72.8 Å². The molecule has 4 nitrogen and oxygen atoms in total. The third kappa shape index (κ3) is 4.90. The number of anilines is 3. The van der Waals surface area contributed by atoms with Crippen molar-refractivity contribution in [2.45, 2.75) is 6.92 Å². The lowest BCUT2D eigenvalue weighted by Crippen LogP contribution is -2.11. The first-order chi connectivity index (χ1) is 16.7. The molecule has 1 amide bonds. The van der Waals surface area contributed by atoms with Crippen molar-refractivity contribution >= 4 is 33.8 Å². The van der Waals surface area contributed by atoms with Crippen molar-refractivity contribution in [1.29, 1.82) is 0 Å². The summed E-state index contributed by atoms with van der Waals surface area (Å²) in [6, 6.07) is 33.7. The lowest BCUT2D eigenvalue weighted by atomic mass is 10.0. The smallest absolute Gasteiger partial charge is 0.255 e. The number of nitrogens with zero attached hydrogens (tertiary/aromatic N) is 1. The number of hydrogen-bond donors (Lipinski definition) is 2. The van der Waals surface area contributed by atoms with Crippen molar-refractivity contribution in [1.82, 2.24) is 4.98 Å². The summed E-state index contributed by atoms with van der Waals surface area (Å²) < 4.78 is 0. The number of hydrogen-bond acceptors (Lipinski definition) is 4. The molecular weight excluding hydrogens is 438 g/mol. The Bertz CT molecular complexity index is 1430. The SMILES string of the molecule is Cc1ccccc1Nc1nc(-c2cccc(NC(=O)c3ccc(-c4ccccc4)cc3)c2)cs1. The van der Waals surface area contributed by atoms with Crippen molar-refractivity contribution in [3.63, 3.8) is 0 Å². The van der Waals surface area contributed by atoms with Crippen LogP contribution < -0.4 is 10.6 Å². The van der Waals surface area contributed by atoms with Crippen LogP contribution in [0.3, 0.4) is 0 Å². The zero-order valence-corrected chi connectivity index (χ0v) is 19.5. The van der Waals surface area contributed by atoms with Crippen LogP contribution in [-0.4, -0.2) is 10.9 Å². The van der Waals surface area contributed by atoms with Crippen molar-refractivity contribution in [2.75, 3.05) is 10.6 Å². The van der Waals surface area contributed by atoms with Crippen LogP contribution in [0.5, 0.6) is 0 Å². The Morgan fingerprint density at radius 1 is 0.765 bits per heavy atom. The van der Waals surface area contributed by atoms with Crippen LogP contribution in [0.15, 0.2) is 109 Å². The summed E-state index contributed by atoms with van der Waals surface area (Å²) in [4.78, 5) is 17.5. The average molecular weight is 462 g/mol. The quantitative estimate of drug-likeness (QED) is 0.271. The van der Waals surface area contributed by atoms with Crippen LogP contribution in [0.25, 0.3) is 22.4 Å². The Kier molecular flexibility index (Phi) is 6.19. The third-order valence-electron chi connectivity index (χ3n) is 5.56. The first-order valence-electron chi connectivity index (χ1n) is 11.0. The first kappa shape index (κ1) is 21.6. The van der Waals surface area contributed by atoms with E-state index in [1.54, 1.807) is 11.3 Å². The van der Waals surface area contributed by atoms with E-state index in [9.17, 15) is 4.79 Å². The largest absolute Gasteiger partial charge is 0.331 e. The number of para-hydroxylation sites is 1. The molecule has 1 heterocycles. The highest BCUT2D eigenvalue weighted by Crippen LogP contribution is 2.29. The van der Waals surface area contributed by atoms with Gasteiger partial charge in [0.1, 0.15) is 0 Å². The number of rotatable bonds is 6. The zero-order valence-electron chi connectivity index (χ0n) is 18.7. The first-order valence-corrected chi connectivity index (χ1v) is 11.9. The lowest BCUT2D eigenvalue weighted by molar-refractivity contribution is 0.102. The molecule has 0 unspecified atom stereocenters. The zero-order chi connectivity index (χ0) is 23.3. The normalized spacial score (nSPS) is 10.6. The van der Waals surface area contributed by atoms with Gasteiger partial charge in [0.15, 0.2) is 5.13 Å². The summed E-state index contributed by atoms with van der Waals surface area (Å²) in [7, 11) is 0. The van der Waals surface area contributed by atoms with E-state index in [-0.39, 0.29) is 5.91 Å². The Morgan fingerprint density at radius 3 is 2.26 bits per heavy atom. The standard InChI is InChI=1S/C29H23N3OS/c1-20-8-5-6-13-26(20)31-29-32-27(19-34-29)24-11-7-12-25(18-24)30-28(33)23-16-14-22(15-17-23)21-9-3-2-4-10-21/h2-19H,1H3,(H,30,33)(H,31,32). The summed E-state index contributed by atoms with van der Waals surface area (Å²) in [6.07, 6.45) is 0. The van der Waals surface area contributed by atoms with E-state index in [4.69, 9.17) is 4.98 Å². The second-order valence-corrected chi connectivity index (χ2v) is 8.81. The summed E-state index contributed by atoms with van der Waals surface area (Å²) >= 11 is 1.55. The fraction of sp³-hybridized carbons (Fsp3) is 0.0345. The highest BCUT2D eigenvalue weighted by molar-refractivity contribution is 7.14. The minimum atomic E-state index is -0.142. The number of carbonyl (C=O) groups excluding carboxylic acids is 1. The second kappa shape index (κ2) is 9.73. The molecule has 0 atom stereocenters. The van der Waals surface area contributed by atoms with Gasteiger partial charge in [0.05, 0.1) is 5.69 Å². The molecule has 5 rings (SSSR count). The third-order valence-corrected chi connectivity index (χ3v) is 6.32. The Balaban J connectivity index is 1.29. The molecule has 0 aliphatic rings. The Hall–Kier alpha value is -4.22. The minimum absolute atomic E-state index is 0.142. The van der Waals surface area contributed by atoms with Crippen LogP contribution in [0, 0.1) is 6.92 Å². The maximum absolute atomic E-state index is 12.8. The van der Waals surface area contributed by atoms with Gasteiger partial charge in [-0.05, 0) is 53.9 Å². The maximum Gasteiger partial charge on any atom is 0.255 e. The molecular formula is C29H23N3OS. The van der Waals surface area contributed by atoms with Gasteiger partial charge in [-0.2, -0.15) is 0 Å². The summed E-state index contributed by atoms with van der Waals surface area (Å²) in [5.74, 6) is -0.142. The van der Waals surface area contributed by atoms with E-state index in [0.29, 0.717) is 5.56 Å². The van der Waals surface area contributed by atoms with Gasteiger partial charge < -0.3 is 10.6 Å². The number of thiazole rings is 1. The van der Waals surface area contributed by atoms with E-state index < -0.39 is 0 Å². The van der Waals surface area contributed by atoms with Crippen LogP contribution >= 0.6 is 11.3 Å². The summed E-state index contributed by atoms with van der Waals surface area (Å²) in [6.45, 7) is 2.07. The van der Waals surface area contributed by atoms with Gasteiger partial charge in [-0.3, -0.25) is 4.79 Å². The predicted octanol–water partition coefficient (Wildman–Crippen LogP) is 7.78. The molecule has 0 saturated carbocycles. The Morgan fingerprint density at radius 2 is 1.47 bits per heavy atom. The molecule has 5 heteroatoms. The molecule has 34 heavy (non-hydrogen) atoms. The van der Waals surface area contributed by atoms with Gasteiger partial charge in [0, 0.05) is 27.9 Å². The van der Waals surface area contributed by atoms with E-state index in [1.165, 1.54) is 5.56 Å².